The molecule has 0 saturated heterocycles. The fourth-order valence-electron chi connectivity index (χ4n) is 1.74. The minimum Gasteiger partial charge on any atom is -0.347 e. The van der Waals surface area contributed by atoms with Crippen molar-refractivity contribution in [1.29, 1.82) is 0 Å². The third kappa shape index (κ3) is 1.90. The van der Waals surface area contributed by atoms with Gasteiger partial charge in [-0.25, -0.2) is 0 Å². The summed E-state index contributed by atoms with van der Waals surface area (Å²) in [6.07, 6.45) is 2.80. The summed E-state index contributed by atoms with van der Waals surface area (Å²) in [4.78, 5) is 10.3. The van der Waals surface area contributed by atoms with Gasteiger partial charge in [-0.15, -0.1) is 0 Å². The van der Waals surface area contributed by atoms with E-state index in [4.69, 9.17) is 5.73 Å². The van der Waals surface area contributed by atoms with E-state index in [0.29, 0.717) is 6.54 Å². The van der Waals surface area contributed by atoms with E-state index in [1.807, 2.05) is 16.8 Å². The fourth-order valence-corrected chi connectivity index (χ4v) is 1.74. The Balaban J connectivity index is 2.43. The Hall–Kier alpha value is -1.88. The molecule has 0 spiro atoms. The first-order valence-corrected chi connectivity index (χ1v) is 5.16. The molecule has 0 radical (unpaired) electrons. The van der Waals surface area contributed by atoms with Crippen molar-refractivity contribution >= 4 is 16.6 Å². The Bertz CT molecular complexity index is 519. The fraction of sp³-hybridized carbons (Fsp3) is 0.273. The molecule has 0 amide bonds. The van der Waals surface area contributed by atoms with Gasteiger partial charge in [0.2, 0.25) is 0 Å². The molecule has 0 aliphatic heterocycles. The lowest BCUT2D eigenvalue weighted by molar-refractivity contribution is -0.384. The molecule has 1 aromatic heterocycles. The number of aryl methyl sites for hydroxylation is 1. The van der Waals surface area contributed by atoms with Crippen molar-refractivity contribution < 1.29 is 4.92 Å². The molecular formula is C11H13N3O2. The minimum atomic E-state index is -0.375. The summed E-state index contributed by atoms with van der Waals surface area (Å²) in [6.45, 7) is 1.41. The van der Waals surface area contributed by atoms with E-state index >= 15 is 0 Å². The molecule has 0 bridgehead atoms. The summed E-state index contributed by atoms with van der Waals surface area (Å²) in [5.41, 5.74) is 6.46. The highest BCUT2D eigenvalue weighted by molar-refractivity contribution is 5.82. The van der Waals surface area contributed by atoms with Gasteiger partial charge in [-0.3, -0.25) is 10.1 Å². The largest absolute Gasteiger partial charge is 0.347 e. The highest BCUT2D eigenvalue weighted by atomic mass is 16.6. The lowest BCUT2D eigenvalue weighted by Gasteiger charge is -2.03. The van der Waals surface area contributed by atoms with E-state index < -0.39 is 0 Å². The number of nitrogens with two attached hydrogens (primary N) is 1. The van der Waals surface area contributed by atoms with Gasteiger partial charge in [-0.2, -0.15) is 0 Å². The summed E-state index contributed by atoms with van der Waals surface area (Å²) in [7, 11) is 0. The van der Waals surface area contributed by atoms with Crippen LogP contribution in [0.1, 0.15) is 6.42 Å². The number of rotatable bonds is 4. The van der Waals surface area contributed by atoms with Crippen LogP contribution in [0.25, 0.3) is 10.9 Å². The number of hydrogen-bond donors (Lipinski definition) is 1. The summed E-state index contributed by atoms with van der Waals surface area (Å²) in [6, 6.07) is 6.85. The first-order valence-electron chi connectivity index (χ1n) is 5.16. The van der Waals surface area contributed by atoms with Crippen LogP contribution < -0.4 is 5.73 Å². The van der Waals surface area contributed by atoms with Crippen LogP contribution in [0.15, 0.2) is 30.5 Å². The summed E-state index contributed by atoms with van der Waals surface area (Å²) < 4.78 is 2.00. The Labute approximate surface area is 92.6 Å². The van der Waals surface area contributed by atoms with Gasteiger partial charge < -0.3 is 10.3 Å². The molecule has 0 fully saturated rings. The maximum Gasteiger partial charge on any atom is 0.271 e. The number of aromatic nitrogens is 1. The molecule has 16 heavy (non-hydrogen) atoms. The standard InChI is InChI=1S/C11H13N3O2/c12-5-1-6-13-7-4-9-2-3-10(14(15)16)8-11(9)13/h2-4,7-8H,1,5-6,12H2. The molecule has 5 nitrogen and oxygen atoms in total. The molecule has 2 N–H and O–H groups in total. The van der Waals surface area contributed by atoms with Gasteiger partial charge >= 0.3 is 0 Å². The van der Waals surface area contributed by atoms with Crippen LogP contribution in [-0.4, -0.2) is 16.0 Å². The van der Waals surface area contributed by atoms with Gasteiger partial charge in [-0.1, -0.05) is 0 Å². The number of benzene rings is 1. The second-order valence-electron chi connectivity index (χ2n) is 3.65. The van der Waals surface area contributed by atoms with Crippen LogP contribution in [0.3, 0.4) is 0 Å². The smallest absolute Gasteiger partial charge is 0.271 e. The van der Waals surface area contributed by atoms with Gasteiger partial charge in [0.25, 0.3) is 5.69 Å². The number of nitro groups is 1. The summed E-state index contributed by atoms with van der Waals surface area (Å²) in [5.74, 6) is 0. The molecule has 0 aliphatic carbocycles. The lowest BCUT2D eigenvalue weighted by atomic mass is 10.2. The van der Waals surface area contributed by atoms with E-state index in [1.165, 1.54) is 6.07 Å². The van der Waals surface area contributed by atoms with Crippen LogP contribution in [0, 0.1) is 10.1 Å². The molecule has 5 heteroatoms. The van der Waals surface area contributed by atoms with Gasteiger partial charge in [-0.05, 0) is 25.1 Å². The van der Waals surface area contributed by atoms with Crippen LogP contribution in [0.5, 0.6) is 0 Å². The Kier molecular flexibility index (Phi) is 2.87. The number of non-ortho nitro benzene ring substituents is 1. The Morgan fingerprint density at radius 2 is 2.19 bits per heavy atom. The minimum absolute atomic E-state index is 0.125. The first-order chi connectivity index (χ1) is 7.72. The molecule has 0 atom stereocenters. The Morgan fingerprint density at radius 1 is 1.38 bits per heavy atom. The first kappa shape index (κ1) is 10.6. The monoisotopic (exact) mass is 219 g/mol. The zero-order chi connectivity index (χ0) is 11.5. The van der Waals surface area contributed by atoms with Crippen molar-refractivity contribution in [1.82, 2.24) is 4.57 Å². The third-order valence-electron chi connectivity index (χ3n) is 2.57. The Morgan fingerprint density at radius 3 is 2.88 bits per heavy atom. The van der Waals surface area contributed by atoms with E-state index in [-0.39, 0.29) is 10.6 Å². The number of nitrogens with zero attached hydrogens (tertiary/aromatic N) is 2. The predicted octanol–water partition coefficient (Wildman–Crippen LogP) is 1.90. The molecular weight excluding hydrogens is 206 g/mol. The van der Waals surface area contributed by atoms with Crippen molar-refractivity contribution in [2.45, 2.75) is 13.0 Å². The van der Waals surface area contributed by atoms with Gasteiger partial charge in [0.05, 0.1) is 10.4 Å². The normalized spacial score (nSPS) is 10.8. The quantitative estimate of drug-likeness (QED) is 0.630. The number of fused-ring (bicyclic) bond motifs is 1. The van der Waals surface area contributed by atoms with Crippen molar-refractivity contribution in [2.24, 2.45) is 5.73 Å². The predicted molar refractivity (Wildman–Crippen MR) is 62.3 cm³/mol. The molecule has 0 saturated carbocycles. The summed E-state index contributed by atoms with van der Waals surface area (Å²) in [5, 5.41) is 11.7. The second kappa shape index (κ2) is 4.32. The van der Waals surface area contributed by atoms with Crippen LogP contribution in [-0.2, 0) is 6.54 Å². The highest BCUT2D eigenvalue weighted by Gasteiger charge is 2.08. The lowest BCUT2D eigenvalue weighted by Crippen LogP contribution is -2.04. The zero-order valence-corrected chi connectivity index (χ0v) is 8.80. The maximum atomic E-state index is 10.7. The molecule has 2 aromatic rings. The molecule has 0 unspecified atom stereocenters. The van der Waals surface area contributed by atoms with Gasteiger partial charge in [0, 0.05) is 30.3 Å². The van der Waals surface area contributed by atoms with E-state index in [1.54, 1.807) is 12.1 Å². The van der Waals surface area contributed by atoms with Crippen LogP contribution >= 0.6 is 0 Å². The topological polar surface area (TPSA) is 74.1 Å². The zero-order valence-electron chi connectivity index (χ0n) is 8.80. The molecule has 0 aliphatic rings. The molecule has 2 rings (SSSR count). The summed E-state index contributed by atoms with van der Waals surface area (Å²) >= 11 is 0. The van der Waals surface area contributed by atoms with Gasteiger partial charge in [0.1, 0.15) is 0 Å². The van der Waals surface area contributed by atoms with Crippen molar-refractivity contribution in [3.05, 3.63) is 40.6 Å². The van der Waals surface area contributed by atoms with E-state index in [9.17, 15) is 10.1 Å². The van der Waals surface area contributed by atoms with Crippen molar-refractivity contribution in [3.63, 3.8) is 0 Å². The highest BCUT2D eigenvalue weighted by Crippen LogP contribution is 2.21. The van der Waals surface area contributed by atoms with Crippen LogP contribution in [0.2, 0.25) is 0 Å². The number of hydrogen-bond acceptors (Lipinski definition) is 3. The molecule has 1 heterocycles. The number of nitro benzene ring substituents is 1. The van der Waals surface area contributed by atoms with E-state index in [2.05, 4.69) is 0 Å². The van der Waals surface area contributed by atoms with Crippen molar-refractivity contribution in [3.8, 4) is 0 Å². The second-order valence-corrected chi connectivity index (χ2v) is 3.65. The van der Waals surface area contributed by atoms with Crippen molar-refractivity contribution in [2.75, 3.05) is 6.54 Å². The average molecular weight is 219 g/mol. The maximum absolute atomic E-state index is 10.7. The van der Waals surface area contributed by atoms with E-state index in [0.717, 1.165) is 23.9 Å². The van der Waals surface area contributed by atoms with Gasteiger partial charge in [0.15, 0.2) is 0 Å². The molecule has 84 valence electrons. The van der Waals surface area contributed by atoms with Crippen LogP contribution in [0.4, 0.5) is 5.69 Å². The third-order valence-corrected chi connectivity index (χ3v) is 2.57. The SMILES string of the molecule is NCCCn1ccc2ccc([N+](=O)[O-])cc21. The molecule has 1 aromatic carbocycles. The average Bonchev–Trinajstić information content (AvgIpc) is 2.68.